The van der Waals surface area contributed by atoms with Gasteiger partial charge in [0.15, 0.2) is 0 Å². The highest BCUT2D eigenvalue weighted by atomic mass is 16.5. The molecule has 28 heavy (non-hydrogen) atoms. The fourth-order valence-electron chi connectivity index (χ4n) is 2.20. The van der Waals surface area contributed by atoms with Gasteiger partial charge in [0.25, 0.3) is 0 Å². The van der Waals surface area contributed by atoms with Crippen LogP contribution in [0.15, 0.2) is 72.8 Å². The van der Waals surface area contributed by atoms with Crippen molar-refractivity contribution in [3.63, 3.8) is 0 Å². The zero-order chi connectivity index (χ0) is 20.2. The van der Waals surface area contributed by atoms with E-state index in [1.807, 2.05) is 36.4 Å². The Morgan fingerprint density at radius 2 is 1.18 bits per heavy atom. The first-order valence-corrected chi connectivity index (χ1v) is 8.55. The summed E-state index contributed by atoms with van der Waals surface area (Å²) in [6.07, 6.45) is 5.29. The summed E-state index contributed by atoms with van der Waals surface area (Å²) in [5.41, 5.74) is 1.63. The van der Waals surface area contributed by atoms with Gasteiger partial charge >= 0.3 is 11.9 Å². The Hall–Kier alpha value is -3.54. The lowest BCUT2D eigenvalue weighted by Crippen LogP contribution is -2.01. The van der Waals surface area contributed by atoms with E-state index in [9.17, 15) is 9.59 Å². The molecule has 0 saturated heterocycles. The minimum absolute atomic E-state index is 0.132. The van der Waals surface area contributed by atoms with E-state index in [-0.39, 0.29) is 13.2 Å². The summed E-state index contributed by atoms with van der Waals surface area (Å²) in [5, 5.41) is 0. The van der Waals surface area contributed by atoms with Crippen molar-refractivity contribution < 1.29 is 28.5 Å². The molecule has 0 N–H and O–H groups in total. The van der Waals surface area contributed by atoms with E-state index in [0.29, 0.717) is 11.5 Å². The van der Waals surface area contributed by atoms with Gasteiger partial charge in [-0.1, -0.05) is 36.4 Å². The maximum atomic E-state index is 11.7. The van der Waals surface area contributed by atoms with E-state index >= 15 is 0 Å². The van der Waals surface area contributed by atoms with Crippen LogP contribution in [0.1, 0.15) is 11.1 Å². The van der Waals surface area contributed by atoms with Gasteiger partial charge in [-0.15, -0.1) is 0 Å². The first kappa shape index (κ1) is 20.8. The summed E-state index contributed by atoms with van der Waals surface area (Å²) in [7, 11) is 3.14. The Bertz CT molecular complexity index is 782. The van der Waals surface area contributed by atoms with Crippen LogP contribution in [0.25, 0.3) is 0 Å². The van der Waals surface area contributed by atoms with Gasteiger partial charge in [-0.3, -0.25) is 0 Å². The molecule has 0 radical (unpaired) electrons. The van der Waals surface area contributed by atoms with Crippen LogP contribution in [0.2, 0.25) is 0 Å². The molecule has 0 heterocycles. The molecule has 0 saturated carbocycles. The molecular formula is C22H22O6. The molecule has 0 unspecified atom stereocenters. The Kier molecular flexibility index (Phi) is 8.33. The molecule has 0 atom stereocenters. The van der Waals surface area contributed by atoms with Gasteiger partial charge < -0.3 is 18.9 Å². The number of carbonyl (C=O) groups excluding carboxylic acids is 2. The van der Waals surface area contributed by atoms with Crippen molar-refractivity contribution in [2.45, 2.75) is 13.2 Å². The molecule has 146 valence electrons. The van der Waals surface area contributed by atoms with Gasteiger partial charge in [0.1, 0.15) is 24.7 Å². The zero-order valence-corrected chi connectivity index (χ0v) is 15.8. The van der Waals surface area contributed by atoms with E-state index in [4.69, 9.17) is 18.9 Å². The second kappa shape index (κ2) is 11.2. The third-order valence-electron chi connectivity index (χ3n) is 3.61. The van der Waals surface area contributed by atoms with Crippen molar-refractivity contribution in [3.05, 3.63) is 84.0 Å². The van der Waals surface area contributed by atoms with E-state index in [2.05, 4.69) is 0 Å². The number of allylic oxidation sites excluding steroid dienone is 2. The zero-order valence-electron chi connectivity index (χ0n) is 15.8. The Labute approximate surface area is 164 Å². The highest BCUT2D eigenvalue weighted by Crippen LogP contribution is 2.14. The molecule has 2 aromatic rings. The number of ether oxygens (including phenoxy) is 4. The van der Waals surface area contributed by atoms with Gasteiger partial charge in [-0.05, 0) is 35.4 Å². The smallest absolute Gasteiger partial charge is 0.331 e. The number of hydrogen-bond donors (Lipinski definition) is 0. The monoisotopic (exact) mass is 382 g/mol. The SMILES string of the molecule is COc1cccc(COC(=O)/C=C/C=C/C(=O)OCc2cccc(OC)c2)c1. The van der Waals surface area contributed by atoms with Crippen LogP contribution >= 0.6 is 0 Å². The predicted molar refractivity (Wildman–Crippen MR) is 104 cm³/mol. The minimum Gasteiger partial charge on any atom is -0.497 e. The van der Waals surface area contributed by atoms with E-state index in [1.54, 1.807) is 26.4 Å². The van der Waals surface area contributed by atoms with Crippen LogP contribution in [0.3, 0.4) is 0 Å². The van der Waals surface area contributed by atoms with E-state index < -0.39 is 11.9 Å². The number of rotatable bonds is 9. The Balaban J connectivity index is 1.72. The third kappa shape index (κ3) is 7.37. The average Bonchev–Trinajstić information content (AvgIpc) is 2.74. The van der Waals surface area contributed by atoms with Crippen LogP contribution in [0.4, 0.5) is 0 Å². The molecule has 0 bridgehead atoms. The first-order chi connectivity index (χ1) is 13.6. The molecule has 6 heteroatoms. The first-order valence-electron chi connectivity index (χ1n) is 8.55. The summed E-state index contributed by atoms with van der Waals surface area (Å²) in [5.74, 6) is 0.355. The second-order valence-electron chi connectivity index (χ2n) is 5.64. The summed E-state index contributed by atoms with van der Waals surface area (Å²) in [6, 6.07) is 14.5. The standard InChI is InChI=1S/C22H22O6/c1-25-19-9-5-7-17(13-19)15-27-21(23)11-3-4-12-22(24)28-16-18-8-6-10-20(14-18)26-2/h3-14H,15-16H2,1-2H3/b11-3+,12-4+. The van der Waals surface area contributed by atoms with Gasteiger partial charge in [-0.25, -0.2) is 9.59 Å². The molecule has 2 aromatic carbocycles. The highest BCUT2D eigenvalue weighted by molar-refractivity contribution is 5.84. The lowest BCUT2D eigenvalue weighted by Gasteiger charge is -2.04. The van der Waals surface area contributed by atoms with Gasteiger partial charge in [0, 0.05) is 12.2 Å². The quantitative estimate of drug-likeness (QED) is 0.375. The summed E-state index contributed by atoms with van der Waals surface area (Å²) < 4.78 is 20.5. The highest BCUT2D eigenvalue weighted by Gasteiger charge is 2.01. The maximum absolute atomic E-state index is 11.7. The number of methoxy groups -OCH3 is 2. The molecule has 0 aliphatic carbocycles. The van der Waals surface area contributed by atoms with Crippen molar-refractivity contribution in [1.29, 1.82) is 0 Å². The molecule has 0 fully saturated rings. The van der Waals surface area contributed by atoms with Crippen LogP contribution in [0.5, 0.6) is 11.5 Å². The molecule has 0 aliphatic heterocycles. The van der Waals surface area contributed by atoms with Crippen LogP contribution in [-0.2, 0) is 32.3 Å². The summed E-state index contributed by atoms with van der Waals surface area (Å²) in [4.78, 5) is 23.4. The molecule has 0 amide bonds. The third-order valence-corrected chi connectivity index (χ3v) is 3.61. The minimum atomic E-state index is -0.516. The van der Waals surface area contributed by atoms with Gasteiger partial charge in [0.2, 0.25) is 0 Å². The molecular weight excluding hydrogens is 360 g/mol. The average molecular weight is 382 g/mol. The van der Waals surface area contributed by atoms with Crippen molar-refractivity contribution >= 4 is 11.9 Å². The van der Waals surface area contributed by atoms with Gasteiger partial charge in [0.05, 0.1) is 14.2 Å². The van der Waals surface area contributed by atoms with Crippen LogP contribution < -0.4 is 9.47 Å². The number of carbonyl (C=O) groups is 2. The number of hydrogen-bond acceptors (Lipinski definition) is 6. The second-order valence-corrected chi connectivity index (χ2v) is 5.64. The molecule has 2 rings (SSSR count). The van der Waals surface area contributed by atoms with E-state index in [1.165, 1.54) is 24.3 Å². The largest absolute Gasteiger partial charge is 0.497 e. The van der Waals surface area contributed by atoms with Crippen molar-refractivity contribution in [1.82, 2.24) is 0 Å². The Morgan fingerprint density at radius 1 is 0.750 bits per heavy atom. The number of esters is 2. The molecule has 0 spiro atoms. The fourth-order valence-corrected chi connectivity index (χ4v) is 2.20. The van der Waals surface area contributed by atoms with Gasteiger partial charge in [-0.2, -0.15) is 0 Å². The predicted octanol–water partition coefficient (Wildman–Crippen LogP) is 3.60. The van der Waals surface area contributed by atoms with Crippen LogP contribution in [-0.4, -0.2) is 26.2 Å². The maximum Gasteiger partial charge on any atom is 0.331 e. The molecule has 6 nitrogen and oxygen atoms in total. The number of benzene rings is 2. The van der Waals surface area contributed by atoms with Crippen molar-refractivity contribution in [3.8, 4) is 11.5 Å². The topological polar surface area (TPSA) is 71.1 Å². The normalized spacial score (nSPS) is 10.8. The molecule has 0 aromatic heterocycles. The van der Waals surface area contributed by atoms with Crippen LogP contribution in [0, 0.1) is 0 Å². The summed E-state index contributed by atoms with van der Waals surface area (Å²) >= 11 is 0. The van der Waals surface area contributed by atoms with Crippen molar-refractivity contribution in [2.24, 2.45) is 0 Å². The fraction of sp³-hybridized carbons (Fsp3) is 0.182. The molecule has 0 aliphatic rings. The summed E-state index contributed by atoms with van der Waals surface area (Å²) in [6.45, 7) is 0.263. The lowest BCUT2D eigenvalue weighted by atomic mass is 10.2. The van der Waals surface area contributed by atoms with E-state index in [0.717, 1.165) is 11.1 Å². The lowest BCUT2D eigenvalue weighted by molar-refractivity contribution is -0.140. The Morgan fingerprint density at radius 3 is 1.57 bits per heavy atom. The van der Waals surface area contributed by atoms with Crippen molar-refractivity contribution in [2.75, 3.05) is 14.2 Å².